The second kappa shape index (κ2) is 6.93. The van der Waals surface area contributed by atoms with Gasteiger partial charge in [-0.05, 0) is 37.1 Å². The van der Waals surface area contributed by atoms with Crippen molar-refractivity contribution >= 4 is 34.5 Å². The van der Waals surface area contributed by atoms with Gasteiger partial charge in [0.15, 0.2) is 0 Å². The number of anilines is 2. The highest BCUT2D eigenvalue weighted by atomic mass is 32.1. The lowest BCUT2D eigenvalue weighted by Gasteiger charge is -2.28. The zero-order chi connectivity index (χ0) is 19.8. The van der Waals surface area contributed by atoms with Crippen LogP contribution in [0, 0.1) is 6.92 Å². The Labute approximate surface area is 156 Å². The number of nitrogens with one attached hydrogen (secondary N) is 2. The first-order chi connectivity index (χ1) is 12.6. The molecule has 1 atom stereocenters. The minimum Gasteiger partial charge on any atom is -0.374 e. The van der Waals surface area contributed by atoms with Crippen LogP contribution in [0.1, 0.15) is 29.1 Å². The summed E-state index contributed by atoms with van der Waals surface area (Å²) in [6.07, 6.45) is -5.51. The van der Waals surface area contributed by atoms with E-state index in [4.69, 9.17) is 0 Å². The molecule has 0 aliphatic carbocycles. The fourth-order valence-electron chi connectivity index (χ4n) is 2.74. The molecule has 3 N–H and O–H groups in total. The molecule has 1 aromatic heterocycles. The standard InChI is InChI=1S/C17H16F3N3O3S/c1-9-8-27-15(21-9)16(26,17(18,19)20)7-14(25)22-11-3-4-12-10(6-11)2-5-13(24)23-12/h3-4,6,8,26H,2,5,7H2,1H3,(H,22,25)(H,23,24)/t16-/m0/s1. The average molecular weight is 399 g/mol. The highest BCUT2D eigenvalue weighted by molar-refractivity contribution is 7.09. The topological polar surface area (TPSA) is 91.3 Å². The van der Waals surface area contributed by atoms with Gasteiger partial charge in [0.2, 0.25) is 17.4 Å². The van der Waals surface area contributed by atoms with E-state index < -0.39 is 29.1 Å². The number of rotatable bonds is 4. The summed E-state index contributed by atoms with van der Waals surface area (Å²) in [7, 11) is 0. The molecule has 1 aliphatic heterocycles. The molecule has 0 saturated carbocycles. The van der Waals surface area contributed by atoms with Crippen molar-refractivity contribution in [2.45, 2.75) is 38.0 Å². The third kappa shape index (κ3) is 3.96. The van der Waals surface area contributed by atoms with Crippen molar-refractivity contribution < 1.29 is 27.9 Å². The van der Waals surface area contributed by atoms with Crippen LogP contribution in [-0.2, 0) is 21.6 Å². The van der Waals surface area contributed by atoms with E-state index in [1.54, 1.807) is 12.1 Å². The molecule has 6 nitrogen and oxygen atoms in total. The predicted molar refractivity (Wildman–Crippen MR) is 93.4 cm³/mol. The third-order valence-corrected chi connectivity index (χ3v) is 5.25. The number of hydrogen-bond donors (Lipinski definition) is 3. The molecule has 0 bridgehead atoms. The van der Waals surface area contributed by atoms with E-state index in [1.165, 1.54) is 18.4 Å². The summed E-state index contributed by atoms with van der Waals surface area (Å²) in [5, 5.41) is 16.1. The molecule has 0 saturated heterocycles. The number of carbonyl (C=O) groups excluding carboxylic acids is 2. The number of fused-ring (bicyclic) bond motifs is 1. The van der Waals surface area contributed by atoms with Crippen LogP contribution in [0.5, 0.6) is 0 Å². The first kappa shape index (κ1) is 19.3. The largest absolute Gasteiger partial charge is 0.424 e. The molecule has 10 heteroatoms. The Morgan fingerprint density at radius 2 is 2.11 bits per heavy atom. The van der Waals surface area contributed by atoms with Gasteiger partial charge < -0.3 is 15.7 Å². The fraction of sp³-hybridized carbons (Fsp3) is 0.353. The van der Waals surface area contributed by atoms with Gasteiger partial charge in [-0.3, -0.25) is 9.59 Å². The number of halogens is 3. The molecule has 144 valence electrons. The van der Waals surface area contributed by atoms with Crippen LogP contribution in [-0.4, -0.2) is 28.1 Å². The number of alkyl halides is 3. The first-order valence-electron chi connectivity index (χ1n) is 8.03. The molecule has 2 heterocycles. The van der Waals surface area contributed by atoms with E-state index >= 15 is 0 Å². The van der Waals surface area contributed by atoms with E-state index in [2.05, 4.69) is 15.6 Å². The van der Waals surface area contributed by atoms with Crippen molar-refractivity contribution in [1.82, 2.24) is 4.98 Å². The number of amides is 2. The smallest absolute Gasteiger partial charge is 0.374 e. The van der Waals surface area contributed by atoms with Gasteiger partial charge >= 0.3 is 6.18 Å². The van der Waals surface area contributed by atoms with Crippen molar-refractivity contribution in [3.05, 3.63) is 39.8 Å². The molecule has 2 amide bonds. The zero-order valence-corrected chi connectivity index (χ0v) is 15.0. The summed E-state index contributed by atoms with van der Waals surface area (Å²) in [6.45, 7) is 1.50. The second-order valence-electron chi connectivity index (χ2n) is 6.30. The van der Waals surface area contributed by atoms with Crippen LogP contribution >= 0.6 is 11.3 Å². The number of hydrogen-bond acceptors (Lipinski definition) is 5. The highest BCUT2D eigenvalue weighted by Gasteiger charge is 2.58. The van der Waals surface area contributed by atoms with Gasteiger partial charge in [-0.2, -0.15) is 13.2 Å². The van der Waals surface area contributed by atoms with Crippen LogP contribution in [0.2, 0.25) is 0 Å². The Hall–Kier alpha value is -2.46. The normalized spacial score (nSPS) is 16.3. The van der Waals surface area contributed by atoms with Gasteiger partial charge in [-0.15, -0.1) is 11.3 Å². The summed E-state index contributed by atoms with van der Waals surface area (Å²) < 4.78 is 40.4. The quantitative estimate of drug-likeness (QED) is 0.737. The van der Waals surface area contributed by atoms with E-state index in [0.29, 0.717) is 35.6 Å². The summed E-state index contributed by atoms with van der Waals surface area (Å²) in [6, 6.07) is 4.64. The molecule has 3 rings (SSSR count). The lowest BCUT2D eigenvalue weighted by molar-refractivity contribution is -0.266. The minimum absolute atomic E-state index is 0.117. The summed E-state index contributed by atoms with van der Waals surface area (Å²) in [5.74, 6) is -1.12. The maximum absolute atomic E-state index is 13.5. The molecule has 27 heavy (non-hydrogen) atoms. The monoisotopic (exact) mass is 399 g/mol. The maximum Gasteiger partial charge on any atom is 0.424 e. The fourth-order valence-corrected chi connectivity index (χ4v) is 3.65. The van der Waals surface area contributed by atoms with Crippen LogP contribution < -0.4 is 10.6 Å². The number of aliphatic hydroxyl groups is 1. The van der Waals surface area contributed by atoms with Crippen LogP contribution in [0.3, 0.4) is 0 Å². The maximum atomic E-state index is 13.5. The molecule has 0 spiro atoms. The predicted octanol–water partition coefficient (Wildman–Crippen LogP) is 3.11. The van der Waals surface area contributed by atoms with Gasteiger partial charge in [-0.25, -0.2) is 4.98 Å². The number of carbonyl (C=O) groups is 2. The first-order valence-corrected chi connectivity index (χ1v) is 8.91. The van der Waals surface area contributed by atoms with E-state index in [-0.39, 0.29) is 11.6 Å². The molecule has 1 aromatic carbocycles. The molecular weight excluding hydrogens is 383 g/mol. The number of thiazole rings is 1. The van der Waals surface area contributed by atoms with Gasteiger partial charge in [0.25, 0.3) is 0 Å². The Morgan fingerprint density at radius 3 is 2.74 bits per heavy atom. The lowest BCUT2D eigenvalue weighted by atomic mass is 9.98. The Morgan fingerprint density at radius 1 is 1.37 bits per heavy atom. The summed E-state index contributed by atoms with van der Waals surface area (Å²) in [4.78, 5) is 27.3. The van der Waals surface area contributed by atoms with Crippen molar-refractivity contribution in [2.75, 3.05) is 10.6 Å². The SMILES string of the molecule is Cc1csc([C@@](O)(CC(=O)Nc2ccc3c(c2)CCC(=O)N3)C(F)(F)F)n1. The molecule has 0 radical (unpaired) electrons. The van der Waals surface area contributed by atoms with Crippen molar-refractivity contribution in [3.63, 3.8) is 0 Å². The number of nitrogens with zero attached hydrogens (tertiary/aromatic N) is 1. The van der Waals surface area contributed by atoms with Crippen molar-refractivity contribution in [1.29, 1.82) is 0 Å². The molecule has 2 aromatic rings. The van der Waals surface area contributed by atoms with Gasteiger partial charge in [0.1, 0.15) is 5.01 Å². The Balaban J connectivity index is 1.78. The van der Waals surface area contributed by atoms with Gasteiger partial charge in [0.05, 0.1) is 6.42 Å². The van der Waals surface area contributed by atoms with Gasteiger partial charge in [0, 0.05) is 28.9 Å². The van der Waals surface area contributed by atoms with Crippen LogP contribution in [0.25, 0.3) is 0 Å². The third-order valence-electron chi connectivity index (χ3n) is 4.14. The summed E-state index contributed by atoms with van der Waals surface area (Å²) >= 11 is 0.649. The van der Waals surface area contributed by atoms with Gasteiger partial charge in [-0.1, -0.05) is 0 Å². The minimum atomic E-state index is -5.06. The second-order valence-corrected chi connectivity index (χ2v) is 7.16. The Kier molecular flexibility index (Phi) is 4.96. The van der Waals surface area contributed by atoms with Crippen LogP contribution in [0.15, 0.2) is 23.6 Å². The number of aryl methyl sites for hydroxylation is 2. The van der Waals surface area contributed by atoms with Crippen LogP contribution in [0.4, 0.5) is 24.5 Å². The molecule has 0 unspecified atom stereocenters. The lowest BCUT2D eigenvalue weighted by Crippen LogP contribution is -2.45. The van der Waals surface area contributed by atoms with E-state index in [0.717, 1.165) is 5.56 Å². The summed E-state index contributed by atoms with van der Waals surface area (Å²) in [5.41, 5.74) is -1.37. The molecule has 0 fully saturated rings. The van der Waals surface area contributed by atoms with E-state index in [9.17, 15) is 27.9 Å². The Bertz CT molecular complexity index is 897. The average Bonchev–Trinajstić information content (AvgIpc) is 3.01. The van der Waals surface area contributed by atoms with E-state index in [1.807, 2.05) is 0 Å². The van der Waals surface area contributed by atoms with Crippen molar-refractivity contribution in [2.24, 2.45) is 0 Å². The molecular formula is C17H16F3N3O3S. The zero-order valence-electron chi connectivity index (χ0n) is 14.2. The number of aromatic nitrogens is 1. The highest BCUT2D eigenvalue weighted by Crippen LogP contribution is 2.43. The van der Waals surface area contributed by atoms with Crippen molar-refractivity contribution in [3.8, 4) is 0 Å². The molecule has 1 aliphatic rings. The number of benzene rings is 1.